The molecule has 0 bridgehead atoms. The van der Waals surface area contributed by atoms with Crippen LogP contribution >= 0.6 is 11.3 Å². The van der Waals surface area contributed by atoms with Gasteiger partial charge >= 0.3 is 0 Å². The molecule has 3 rings (SSSR count). The Hall–Kier alpha value is -3.24. The summed E-state index contributed by atoms with van der Waals surface area (Å²) < 4.78 is 0. The van der Waals surface area contributed by atoms with Gasteiger partial charge in [0.05, 0.1) is 34.5 Å². The number of thiazole rings is 1. The van der Waals surface area contributed by atoms with Crippen molar-refractivity contribution in [2.45, 2.75) is 65.1 Å². The lowest BCUT2D eigenvalue weighted by molar-refractivity contribution is -0.142. The summed E-state index contributed by atoms with van der Waals surface area (Å²) in [6.45, 7) is 7.82. The van der Waals surface area contributed by atoms with E-state index in [1.54, 1.807) is 35.7 Å². The van der Waals surface area contributed by atoms with Crippen LogP contribution in [0.15, 0.2) is 41.6 Å². The second-order valence-corrected chi connectivity index (χ2v) is 11.0. The Morgan fingerprint density at radius 2 is 1.92 bits per heavy atom. The number of nitrogens with zero attached hydrogens (tertiary/aromatic N) is 2. The highest BCUT2D eigenvalue weighted by atomic mass is 32.1. The fraction of sp³-hybridized carbons (Fsp3) is 0.500. The number of amides is 3. The van der Waals surface area contributed by atoms with E-state index in [0.29, 0.717) is 19.4 Å². The van der Waals surface area contributed by atoms with E-state index in [-0.39, 0.29) is 35.8 Å². The summed E-state index contributed by atoms with van der Waals surface area (Å²) in [7, 11) is 1.56. The molecule has 0 radical (unpaired) electrons. The molecule has 38 heavy (non-hydrogen) atoms. The molecule has 3 unspecified atom stereocenters. The van der Waals surface area contributed by atoms with Crippen LogP contribution in [0.25, 0.3) is 10.4 Å². The Bertz CT molecular complexity index is 1160. The number of rotatable bonds is 10. The minimum atomic E-state index is -0.779. The van der Waals surface area contributed by atoms with Gasteiger partial charge in [0.1, 0.15) is 11.8 Å². The Morgan fingerprint density at radius 1 is 1.24 bits per heavy atom. The SMILES string of the molecule is CNC(=O)CC(NC(=O)[C@@H]1CCCN1C(=O)C(/C(O)=C/C(C)N)C(C)C)c1ccc(-c2scnc2C)cc1. The van der Waals surface area contributed by atoms with Crippen LogP contribution in [0.5, 0.6) is 0 Å². The summed E-state index contributed by atoms with van der Waals surface area (Å²) in [6, 6.07) is 6.09. The number of aromatic nitrogens is 1. The third-order valence-corrected chi connectivity index (χ3v) is 7.81. The van der Waals surface area contributed by atoms with Crippen LogP contribution in [0, 0.1) is 18.8 Å². The van der Waals surface area contributed by atoms with Crippen molar-refractivity contribution in [3.8, 4) is 10.4 Å². The average Bonchev–Trinajstić information content (AvgIpc) is 3.52. The van der Waals surface area contributed by atoms with E-state index in [0.717, 1.165) is 21.7 Å². The van der Waals surface area contributed by atoms with Crippen molar-refractivity contribution < 1.29 is 19.5 Å². The molecule has 1 aliphatic rings. The van der Waals surface area contributed by atoms with Crippen LogP contribution in [-0.4, -0.2) is 58.4 Å². The molecule has 2 heterocycles. The lowest BCUT2D eigenvalue weighted by Gasteiger charge is -2.31. The maximum Gasteiger partial charge on any atom is 0.243 e. The van der Waals surface area contributed by atoms with Gasteiger partial charge in [-0.05, 0) is 49.8 Å². The summed E-state index contributed by atoms with van der Waals surface area (Å²) >= 11 is 1.56. The number of aliphatic hydroxyl groups excluding tert-OH is 1. The zero-order valence-corrected chi connectivity index (χ0v) is 23.5. The molecule has 0 spiro atoms. The van der Waals surface area contributed by atoms with E-state index < -0.39 is 24.0 Å². The fourth-order valence-corrected chi connectivity index (χ4v) is 5.67. The predicted octanol–water partition coefficient (Wildman–Crippen LogP) is 3.46. The molecular formula is C28H39N5O4S. The van der Waals surface area contributed by atoms with E-state index in [4.69, 9.17) is 5.73 Å². The van der Waals surface area contributed by atoms with Crippen LogP contribution in [0.3, 0.4) is 0 Å². The fourth-order valence-electron chi connectivity index (χ4n) is 4.86. The number of aryl methyl sites for hydroxylation is 1. The minimum absolute atomic E-state index is 0.0639. The van der Waals surface area contributed by atoms with Crippen molar-refractivity contribution >= 4 is 29.1 Å². The summed E-state index contributed by atoms with van der Waals surface area (Å²) in [5.41, 5.74) is 10.4. The number of aliphatic hydroxyl groups is 1. The molecule has 206 valence electrons. The van der Waals surface area contributed by atoms with Crippen molar-refractivity contribution in [2.75, 3.05) is 13.6 Å². The highest BCUT2D eigenvalue weighted by Crippen LogP contribution is 2.30. The predicted molar refractivity (Wildman–Crippen MR) is 149 cm³/mol. The monoisotopic (exact) mass is 541 g/mol. The number of likely N-dealkylation sites (tertiary alicyclic amines) is 1. The van der Waals surface area contributed by atoms with Gasteiger partial charge in [0, 0.05) is 19.6 Å². The summed E-state index contributed by atoms with van der Waals surface area (Å²) in [4.78, 5) is 46.3. The zero-order valence-electron chi connectivity index (χ0n) is 22.7. The Labute approximate surface area is 228 Å². The second-order valence-electron chi connectivity index (χ2n) is 10.2. The lowest BCUT2D eigenvalue weighted by Crippen LogP contribution is -2.50. The van der Waals surface area contributed by atoms with Gasteiger partial charge in [-0.15, -0.1) is 11.3 Å². The molecule has 1 fully saturated rings. The number of benzene rings is 1. The van der Waals surface area contributed by atoms with Crippen molar-refractivity contribution in [1.29, 1.82) is 0 Å². The van der Waals surface area contributed by atoms with Gasteiger partial charge in [0.15, 0.2) is 0 Å². The number of hydrogen-bond donors (Lipinski definition) is 4. The standard InChI is InChI=1S/C28H39N5O4S/c1-16(2)25(23(34)13-17(3)29)28(37)33-12-6-7-22(33)27(36)32-21(14-24(35)30-5)19-8-10-20(11-9-19)26-18(4)31-15-38-26/h8-11,13,15-17,21-22,25,34H,6-7,12,14,29H2,1-5H3,(H,30,35)(H,32,36)/b23-13-/t17?,21?,22-,25?/m0/s1. The molecule has 1 aromatic heterocycles. The molecule has 4 atom stereocenters. The van der Waals surface area contributed by atoms with Gasteiger partial charge in [-0.25, -0.2) is 4.98 Å². The van der Waals surface area contributed by atoms with Gasteiger partial charge in [-0.1, -0.05) is 38.1 Å². The van der Waals surface area contributed by atoms with Crippen molar-refractivity contribution in [2.24, 2.45) is 17.6 Å². The van der Waals surface area contributed by atoms with Crippen LogP contribution < -0.4 is 16.4 Å². The number of nitrogens with one attached hydrogen (secondary N) is 2. The maximum absolute atomic E-state index is 13.5. The average molecular weight is 542 g/mol. The largest absolute Gasteiger partial charge is 0.512 e. The van der Waals surface area contributed by atoms with Gasteiger partial charge in [-0.2, -0.15) is 0 Å². The van der Waals surface area contributed by atoms with Crippen LogP contribution in [0.4, 0.5) is 0 Å². The first-order valence-electron chi connectivity index (χ1n) is 13.0. The van der Waals surface area contributed by atoms with Crippen LogP contribution in [0.2, 0.25) is 0 Å². The topological polar surface area (TPSA) is 138 Å². The van der Waals surface area contributed by atoms with Gasteiger partial charge < -0.3 is 26.4 Å². The number of carbonyl (C=O) groups is 3. The van der Waals surface area contributed by atoms with Crippen molar-refractivity contribution in [1.82, 2.24) is 20.5 Å². The van der Waals surface area contributed by atoms with Crippen molar-refractivity contribution in [3.63, 3.8) is 0 Å². The van der Waals surface area contributed by atoms with Gasteiger partial charge in [0.2, 0.25) is 17.7 Å². The Balaban J connectivity index is 1.81. The van der Waals surface area contributed by atoms with Crippen LogP contribution in [0.1, 0.15) is 57.3 Å². The number of carbonyl (C=O) groups excluding carboxylic acids is 3. The molecule has 9 nitrogen and oxygen atoms in total. The Kier molecular flexibility index (Phi) is 10.0. The first-order valence-corrected chi connectivity index (χ1v) is 13.9. The summed E-state index contributed by atoms with van der Waals surface area (Å²) in [6.07, 6.45) is 2.73. The third kappa shape index (κ3) is 6.99. The van der Waals surface area contributed by atoms with E-state index in [9.17, 15) is 19.5 Å². The molecule has 1 aliphatic heterocycles. The molecule has 5 N–H and O–H groups in total. The number of hydrogen-bond acceptors (Lipinski definition) is 7. The quantitative estimate of drug-likeness (QED) is 0.340. The molecule has 1 aromatic carbocycles. The minimum Gasteiger partial charge on any atom is -0.512 e. The van der Waals surface area contributed by atoms with E-state index >= 15 is 0 Å². The molecule has 10 heteroatoms. The number of nitrogens with two attached hydrogens (primary N) is 1. The maximum atomic E-state index is 13.5. The smallest absolute Gasteiger partial charge is 0.243 e. The summed E-state index contributed by atoms with van der Waals surface area (Å²) in [5, 5.41) is 16.3. The highest BCUT2D eigenvalue weighted by molar-refractivity contribution is 7.13. The first-order chi connectivity index (χ1) is 18.0. The first kappa shape index (κ1) is 29.3. The van der Waals surface area contributed by atoms with Gasteiger partial charge in [0.25, 0.3) is 0 Å². The lowest BCUT2D eigenvalue weighted by atomic mass is 9.91. The summed E-state index contributed by atoms with van der Waals surface area (Å²) in [5.74, 6) is -1.84. The van der Waals surface area contributed by atoms with E-state index in [1.165, 1.54) is 6.08 Å². The Morgan fingerprint density at radius 3 is 2.47 bits per heavy atom. The third-order valence-electron chi connectivity index (χ3n) is 6.83. The molecule has 2 aromatic rings. The van der Waals surface area contributed by atoms with Crippen LogP contribution in [-0.2, 0) is 14.4 Å². The van der Waals surface area contributed by atoms with E-state index in [2.05, 4.69) is 15.6 Å². The zero-order chi connectivity index (χ0) is 28.0. The molecule has 0 saturated carbocycles. The molecule has 3 amide bonds. The molecular weight excluding hydrogens is 502 g/mol. The molecule has 1 saturated heterocycles. The van der Waals surface area contributed by atoms with Crippen molar-refractivity contribution in [3.05, 3.63) is 52.9 Å². The van der Waals surface area contributed by atoms with E-state index in [1.807, 2.05) is 45.0 Å². The van der Waals surface area contributed by atoms with Gasteiger partial charge in [-0.3, -0.25) is 14.4 Å². The highest BCUT2D eigenvalue weighted by Gasteiger charge is 2.40. The normalized spacial score (nSPS) is 18.2. The second kappa shape index (κ2) is 13.0. The molecule has 0 aliphatic carbocycles.